The normalized spacial score (nSPS) is 14.0. The summed E-state index contributed by atoms with van der Waals surface area (Å²) in [6, 6.07) is 4.34. The first-order chi connectivity index (χ1) is 6.88. The van der Waals surface area contributed by atoms with E-state index in [1.165, 1.54) is 6.07 Å². The van der Waals surface area contributed by atoms with Crippen LogP contribution in [0.15, 0.2) is 18.2 Å². The second-order valence-corrected chi connectivity index (χ2v) is 4.92. The Morgan fingerprint density at radius 2 is 2.07 bits per heavy atom. The maximum Gasteiger partial charge on any atom is 0.129 e. The van der Waals surface area contributed by atoms with Gasteiger partial charge in [-0.1, -0.05) is 38.4 Å². The summed E-state index contributed by atoms with van der Waals surface area (Å²) in [5, 5.41) is 0.401. The van der Waals surface area contributed by atoms with Crippen LogP contribution in [-0.2, 0) is 0 Å². The first-order valence-corrected chi connectivity index (χ1v) is 5.47. The summed E-state index contributed by atoms with van der Waals surface area (Å²) >= 11 is 5.69. The second-order valence-electron chi connectivity index (χ2n) is 4.49. The zero-order valence-corrected chi connectivity index (χ0v) is 10.1. The molecule has 0 aromatic heterocycles. The van der Waals surface area contributed by atoms with Gasteiger partial charge in [0.05, 0.1) is 0 Å². The summed E-state index contributed by atoms with van der Waals surface area (Å²) < 4.78 is 13.6. The molecule has 1 aromatic rings. The van der Waals surface area contributed by atoms with Gasteiger partial charge in [0.15, 0.2) is 0 Å². The van der Waals surface area contributed by atoms with Crippen molar-refractivity contribution in [2.24, 2.45) is 11.1 Å². The summed E-state index contributed by atoms with van der Waals surface area (Å²) in [6.07, 6.45) is 0.899. The Kier molecular flexibility index (Phi) is 3.74. The summed E-state index contributed by atoms with van der Waals surface area (Å²) in [6.45, 7) is 6.12. The molecule has 15 heavy (non-hydrogen) atoms. The van der Waals surface area contributed by atoms with E-state index < -0.39 is 0 Å². The van der Waals surface area contributed by atoms with Gasteiger partial charge in [-0.05, 0) is 24.0 Å². The fourth-order valence-corrected chi connectivity index (χ4v) is 1.55. The largest absolute Gasteiger partial charge is 0.323 e. The Bertz CT molecular complexity index is 349. The predicted molar refractivity (Wildman–Crippen MR) is 62.4 cm³/mol. The summed E-state index contributed by atoms with van der Waals surface area (Å²) in [5.74, 6) is -0.323. The highest BCUT2D eigenvalue weighted by molar-refractivity contribution is 6.30. The maximum absolute atomic E-state index is 13.6. The van der Waals surface area contributed by atoms with Gasteiger partial charge in [-0.2, -0.15) is 0 Å². The summed E-state index contributed by atoms with van der Waals surface area (Å²) in [7, 11) is 0. The molecule has 0 saturated carbocycles. The molecule has 0 radical (unpaired) electrons. The topological polar surface area (TPSA) is 26.0 Å². The number of hydrogen-bond acceptors (Lipinski definition) is 1. The molecule has 0 aliphatic rings. The first-order valence-electron chi connectivity index (χ1n) is 5.09. The molecule has 1 atom stereocenters. The Morgan fingerprint density at radius 3 is 2.53 bits per heavy atom. The van der Waals surface area contributed by atoms with Crippen LogP contribution in [-0.4, -0.2) is 0 Å². The van der Waals surface area contributed by atoms with E-state index in [0.717, 1.165) is 6.42 Å². The third-order valence-corrected chi connectivity index (χ3v) is 3.29. The van der Waals surface area contributed by atoms with E-state index in [-0.39, 0.29) is 17.3 Å². The number of nitrogens with two attached hydrogens (primary N) is 1. The molecule has 1 aromatic carbocycles. The second kappa shape index (κ2) is 4.50. The van der Waals surface area contributed by atoms with Crippen LogP contribution in [0.1, 0.15) is 38.8 Å². The highest BCUT2D eigenvalue weighted by atomic mass is 35.5. The van der Waals surface area contributed by atoms with Crippen LogP contribution in [0, 0.1) is 11.2 Å². The number of hydrogen-bond donors (Lipinski definition) is 1. The summed E-state index contributed by atoms with van der Waals surface area (Å²) in [5.41, 5.74) is 6.47. The molecule has 84 valence electrons. The molecule has 3 heteroatoms. The van der Waals surface area contributed by atoms with Crippen LogP contribution in [0.25, 0.3) is 0 Å². The van der Waals surface area contributed by atoms with E-state index in [1.807, 2.05) is 20.8 Å². The smallest absolute Gasteiger partial charge is 0.129 e. The summed E-state index contributed by atoms with van der Waals surface area (Å²) in [4.78, 5) is 0. The standard InChI is InChI=1S/C12H17ClFN/c1-4-12(2,3)11(15)9-6-5-8(13)7-10(9)14/h5-7,11H,4,15H2,1-3H3. The van der Waals surface area contributed by atoms with Gasteiger partial charge in [0.1, 0.15) is 5.82 Å². The van der Waals surface area contributed by atoms with Gasteiger partial charge in [-0.3, -0.25) is 0 Å². The highest BCUT2D eigenvalue weighted by Gasteiger charge is 2.27. The third-order valence-electron chi connectivity index (χ3n) is 3.05. The van der Waals surface area contributed by atoms with Crippen LogP contribution in [0.4, 0.5) is 4.39 Å². The maximum atomic E-state index is 13.6. The molecule has 0 heterocycles. The Hall–Kier alpha value is -0.600. The van der Waals surface area contributed by atoms with Crippen LogP contribution >= 0.6 is 11.6 Å². The lowest BCUT2D eigenvalue weighted by Gasteiger charge is -2.30. The van der Waals surface area contributed by atoms with E-state index in [9.17, 15) is 4.39 Å². The minimum absolute atomic E-state index is 0.116. The quantitative estimate of drug-likeness (QED) is 0.836. The van der Waals surface area contributed by atoms with Crippen molar-refractivity contribution in [1.29, 1.82) is 0 Å². The molecule has 1 nitrogen and oxygen atoms in total. The van der Waals surface area contributed by atoms with Gasteiger partial charge in [-0.15, -0.1) is 0 Å². The average molecular weight is 230 g/mol. The molecular weight excluding hydrogens is 213 g/mol. The fourth-order valence-electron chi connectivity index (χ4n) is 1.39. The van der Waals surface area contributed by atoms with Crippen LogP contribution in [0.5, 0.6) is 0 Å². The lowest BCUT2D eigenvalue weighted by atomic mass is 9.79. The Labute approximate surface area is 95.4 Å². The number of rotatable bonds is 3. The van der Waals surface area contributed by atoms with E-state index in [2.05, 4.69) is 0 Å². The van der Waals surface area contributed by atoms with Gasteiger partial charge < -0.3 is 5.73 Å². The number of halogens is 2. The highest BCUT2D eigenvalue weighted by Crippen LogP contribution is 2.35. The van der Waals surface area contributed by atoms with Crippen LogP contribution in [0.2, 0.25) is 5.02 Å². The molecule has 0 saturated heterocycles. The molecule has 1 unspecified atom stereocenters. The lowest BCUT2D eigenvalue weighted by Crippen LogP contribution is -2.29. The van der Waals surface area contributed by atoms with Gasteiger partial charge in [0.2, 0.25) is 0 Å². The monoisotopic (exact) mass is 229 g/mol. The molecule has 1 rings (SSSR count). The van der Waals surface area contributed by atoms with Gasteiger partial charge in [-0.25, -0.2) is 4.39 Å². The van der Waals surface area contributed by atoms with Crippen molar-refractivity contribution >= 4 is 11.6 Å². The average Bonchev–Trinajstić information content (AvgIpc) is 2.17. The minimum atomic E-state index is -0.323. The lowest BCUT2D eigenvalue weighted by molar-refractivity contribution is 0.273. The molecule has 0 aliphatic heterocycles. The Balaban J connectivity index is 3.06. The molecule has 0 fully saturated rings. The van der Waals surface area contributed by atoms with Gasteiger partial charge in [0.25, 0.3) is 0 Å². The van der Waals surface area contributed by atoms with Crippen molar-refractivity contribution in [1.82, 2.24) is 0 Å². The van der Waals surface area contributed by atoms with E-state index >= 15 is 0 Å². The SMILES string of the molecule is CCC(C)(C)C(N)c1ccc(Cl)cc1F. The number of benzene rings is 1. The molecule has 0 bridgehead atoms. The van der Waals surface area contributed by atoms with Crippen molar-refractivity contribution in [3.05, 3.63) is 34.6 Å². The molecule has 2 N–H and O–H groups in total. The van der Waals surface area contributed by atoms with E-state index in [4.69, 9.17) is 17.3 Å². The zero-order chi connectivity index (χ0) is 11.6. The first kappa shape index (κ1) is 12.5. The van der Waals surface area contributed by atoms with Crippen molar-refractivity contribution in [3.63, 3.8) is 0 Å². The minimum Gasteiger partial charge on any atom is -0.323 e. The van der Waals surface area contributed by atoms with Crippen LogP contribution in [0.3, 0.4) is 0 Å². The molecule has 0 amide bonds. The predicted octanol–water partition coefficient (Wildman–Crippen LogP) is 3.92. The molecular formula is C12H17ClFN. The van der Waals surface area contributed by atoms with Crippen molar-refractivity contribution in [2.75, 3.05) is 0 Å². The third kappa shape index (κ3) is 2.70. The fraction of sp³-hybridized carbons (Fsp3) is 0.500. The Morgan fingerprint density at radius 1 is 1.47 bits per heavy atom. The van der Waals surface area contributed by atoms with Gasteiger partial charge in [0, 0.05) is 16.6 Å². The molecule has 0 aliphatic carbocycles. The van der Waals surface area contributed by atoms with Crippen LogP contribution < -0.4 is 5.73 Å². The molecule has 0 spiro atoms. The zero-order valence-electron chi connectivity index (χ0n) is 9.35. The van der Waals surface area contributed by atoms with Crippen molar-refractivity contribution in [2.45, 2.75) is 33.2 Å². The van der Waals surface area contributed by atoms with E-state index in [1.54, 1.807) is 12.1 Å². The van der Waals surface area contributed by atoms with Crippen molar-refractivity contribution < 1.29 is 4.39 Å². The van der Waals surface area contributed by atoms with Crippen molar-refractivity contribution in [3.8, 4) is 0 Å². The van der Waals surface area contributed by atoms with E-state index in [0.29, 0.717) is 10.6 Å². The van der Waals surface area contributed by atoms with Gasteiger partial charge >= 0.3 is 0 Å².